The van der Waals surface area contributed by atoms with E-state index in [9.17, 15) is 0 Å². The molecule has 1 aliphatic heterocycles. The van der Waals surface area contributed by atoms with Crippen molar-refractivity contribution in [1.82, 2.24) is 0 Å². The summed E-state index contributed by atoms with van der Waals surface area (Å²) in [5, 5.41) is 4.16. The first-order chi connectivity index (χ1) is 10.2. The van der Waals surface area contributed by atoms with Crippen LogP contribution in [-0.4, -0.2) is 25.7 Å². The summed E-state index contributed by atoms with van der Waals surface area (Å²) in [6, 6.07) is 16.4. The van der Waals surface area contributed by atoms with Gasteiger partial charge >= 0.3 is 0 Å². The molecular formula is C17H19ClN2O. The van der Waals surface area contributed by atoms with E-state index in [2.05, 4.69) is 41.4 Å². The van der Waals surface area contributed by atoms with Crippen LogP contribution in [0.1, 0.15) is 6.92 Å². The molecule has 0 fully saturated rings. The van der Waals surface area contributed by atoms with E-state index < -0.39 is 0 Å². The second kappa shape index (κ2) is 6.27. The molecule has 1 atom stereocenters. The maximum atomic E-state index is 5.96. The highest BCUT2D eigenvalue weighted by atomic mass is 35.5. The summed E-state index contributed by atoms with van der Waals surface area (Å²) in [6.45, 7) is 4.67. The summed E-state index contributed by atoms with van der Waals surface area (Å²) >= 11 is 5.96. The third kappa shape index (κ3) is 3.24. The van der Waals surface area contributed by atoms with E-state index in [1.54, 1.807) is 0 Å². The Labute approximate surface area is 130 Å². The summed E-state index contributed by atoms with van der Waals surface area (Å²) in [4.78, 5) is 2.39. The number of rotatable bonds is 4. The van der Waals surface area contributed by atoms with E-state index in [1.165, 1.54) is 11.4 Å². The van der Waals surface area contributed by atoms with Crippen LogP contribution in [0.5, 0.6) is 5.75 Å². The van der Waals surface area contributed by atoms with Crippen molar-refractivity contribution in [2.75, 3.05) is 29.9 Å². The van der Waals surface area contributed by atoms with Crippen molar-refractivity contribution in [3.05, 3.63) is 53.6 Å². The molecule has 110 valence electrons. The fourth-order valence-electron chi connectivity index (χ4n) is 2.64. The summed E-state index contributed by atoms with van der Waals surface area (Å²) in [6.07, 6.45) is 0. The van der Waals surface area contributed by atoms with Gasteiger partial charge in [0.25, 0.3) is 0 Å². The Morgan fingerprint density at radius 3 is 2.95 bits per heavy atom. The molecule has 0 saturated carbocycles. The summed E-state index contributed by atoms with van der Waals surface area (Å²) in [5.41, 5.74) is 2.43. The van der Waals surface area contributed by atoms with Gasteiger partial charge in [0.15, 0.2) is 0 Å². The van der Waals surface area contributed by atoms with Crippen LogP contribution in [-0.2, 0) is 0 Å². The van der Waals surface area contributed by atoms with Crippen LogP contribution in [0, 0.1) is 0 Å². The van der Waals surface area contributed by atoms with E-state index in [-0.39, 0.29) is 0 Å². The largest absolute Gasteiger partial charge is 0.492 e. The average Bonchev–Trinajstić information content (AvgIpc) is 2.50. The van der Waals surface area contributed by atoms with Crippen molar-refractivity contribution in [3.8, 4) is 5.75 Å². The third-order valence-electron chi connectivity index (χ3n) is 3.73. The van der Waals surface area contributed by atoms with Crippen molar-refractivity contribution in [2.45, 2.75) is 13.0 Å². The second-order valence-corrected chi connectivity index (χ2v) is 5.68. The average molecular weight is 303 g/mol. The first-order valence-electron chi connectivity index (χ1n) is 7.22. The van der Waals surface area contributed by atoms with Gasteiger partial charge in [-0.05, 0) is 37.3 Å². The normalized spacial score (nSPS) is 17.0. The molecule has 1 heterocycles. The zero-order valence-electron chi connectivity index (χ0n) is 12.1. The van der Waals surface area contributed by atoms with E-state index in [1.807, 2.05) is 24.3 Å². The number of benzene rings is 2. The minimum Gasteiger partial charge on any atom is -0.492 e. The van der Waals surface area contributed by atoms with Gasteiger partial charge in [0.1, 0.15) is 12.4 Å². The quantitative estimate of drug-likeness (QED) is 0.922. The number of para-hydroxylation sites is 2. The molecule has 0 aliphatic carbocycles. The summed E-state index contributed by atoms with van der Waals surface area (Å²) < 4.78 is 5.81. The maximum Gasteiger partial charge on any atom is 0.120 e. The Morgan fingerprint density at radius 2 is 2.10 bits per heavy atom. The number of ether oxygens (including phenoxy) is 1. The first-order valence-corrected chi connectivity index (χ1v) is 7.60. The molecular weight excluding hydrogens is 284 g/mol. The fraction of sp³-hybridized carbons (Fsp3) is 0.294. The number of hydrogen-bond acceptors (Lipinski definition) is 3. The standard InChI is InChI=1S/C17H19ClN2O/c1-13-12-19-16-7-2-3-8-17(16)20(13)9-10-21-15-6-4-5-14(18)11-15/h2-8,11,13,19H,9-10,12H2,1H3. The Bertz CT molecular complexity index is 617. The molecule has 1 unspecified atom stereocenters. The lowest BCUT2D eigenvalue weighted by atomic mass is 10.1. The van der Waals surface area contributed by atoms with Crippen LogP contribution < -0.4 is 15.0 Å². The van der Waals surface area contributed by atoms with Crippen LogP contribution in [0.4, 0.5) is 11.4 Å². The molecule has 1 aliphatic rings. The van der Waals surface area contributed by atoms with Gasteiger partial charge in [-0.3, -0.25) is 0 Å². The summed E-state index contributed by atoms with van der Waals surface area (Å²) in [5.74, 6) is 0.818. The lowest BCUT2D eigenvalue weighted by molar-refractivity contribution is 0.320. The fourth-order valence-corrected chi connectivity index (χ4v) is 2.82. The molecule has 0 aromatic heterocycles. The molecule has 0 saturated heterocycles. The van der Waals surface area contributed by atoms with Gasteiger partial charge in [-0.15, -0.1) is 0 Å². The molecule has 0 amide bonds. The molecule has 2 aromatic rings. The van der Waals surface area contributed by atoms with Gasteiger partial charge in [0, 0.05) is 17.6 Å². The number of anilines is 2. The molecule has 4 heteroatoms. The Balaban J connectivity index is 1.65. The maximum absolute atomic E-state index is 5.96. The minimum atomic E-state index is 0.447. The highest BCUT2D eigenvalue weighted by molar-refractivity contribution is 6.30. The topological polar surface area (TPSA) is 24.5 Å². The smallest absolute Gasteiger partial charge is 0.120 e. The SMILES string of the molecule is CC1CNc2ccccc2N1CCOc1cccc(Cl)c1. The number of nitrogens with one attached hydrogen (secondary N) is 1. The molecule has 3 rings (SSSR count). The van der Waals surface area contributed by atoms with Gasteiger partial charge < -0.3 is 15.0 Å². The predicted octanol–water partition coefficient (Wildman–Crippen LogP) is 4.04. The Hall–Kier alpha value is -1.87. The zero-order chi connectivity index (χ0) is 14.7. The highest BCUT2D eigenvalue weighted by Gasteiger charge is 2.21. The first kappa shape index (κ1) is 14.1. The molecule has 0 bridgehead atoms. The Kier molecular flexibility index (Phi) is 4.20. The van der Waals surface area contributed by atoms with Crippen molar-refractivity contribution < 1.29 is 4.74 Å². The van der Waals surface area contributed by atoms with E-state index in [0.29, 0.717) is 17.7 Å². The van der Waals surface area contributed by atoms with Crippen LogP contribution in [0.3, 0.4) is 0 Å². The Morgan fingerprint density at radius 1 is 1.24 bits per heavy atom. The number of nitrogens with zero attached hydrogens (tertiary/aromatic N) is 1. The molecule has 21 heavy (non-hydrogen) atoms. The van der Waals surface area contributed by atoms with Crippen molar-refractivity contribution in [1.29, 1.82) is 0 Å². The number of fused-ring (bicyclic) bond motifs is 1. The van der Waals surface area contributed by atoms with Gasteiger partial charge in [-0.2, -0.15) is 0 Å². The molecule has 3 nitrogen and oxygen atoms in total. The summed E-state index contributed by atoms with van der Waals surface area (Å²) in [7, 11) is 0. The van der Waals surface area contributed by atoms with E-state index in [4.69, 9.17) is 16.3 Å². The number of halogens is 1. The lowest BCUT2D eigenvalue weighted by Crippen LogP contribution is -2.44. The monoisotopic (exact) mass is 302 g/mol. The second-order valence-electron chi connectivity index (χ2n) is 5.25. The van der Waals surface area contributed by atoms with Crippen LogP contribution >= 0.6 is 11.6 Å². The number of hydrogen-bond donors (Lipinski definition) is 1. The van der Waals surface area contributed by atoms with Gasteiger partial charge in [0.2, 0.25) is 0 Å². The van der Waals surface area contributed by atoms with Crippen molar-refractivity contribution >= 4 is 23.0 Å². The lowest BCUT2D eigenvalue weighted by Gasteiger charge is -2.37. The third-order valence-corrected chi connectivity index (χ3v) is 3.97. The van der Waals surface area contributed by atoms with Gasteiger partial charge in [-0.1, -0.05) is 29.8 Å². The molecule has 0 spiro atoms. The van der Waals surface area contributed by atoms with Crippen LogP contribution in [0.15, 0.2) is 48.5 Å². The van der Waals surface area contributed by atoms with Crippen LogP contribution in [0.2, 0.25) is 5.02 Å². The molecule has 0 radical (unpaired) electrons. The predicted molar refractivity (Wildman–Crippen MR) is 88.7 cm³/mol. The van der Waals surface area contributed by atoms with E-state index in [0.717, 1.165) is 18.8 Å². The van der Waals surface area contributed by atoms with Crippen molar-refractivity contribution in [2.24, 2.45) is 0 Å². The van der Waals surface area contributed by atoms with Crippen molar-refractivity contribution in [3.63, 3.8) is 0 Å². The molecule has 1 N–H and O–H groups in total. The minimum absolute atomic E-state index is 0.447. The zero-order valence-corrected chi connectivity index (χ0v) is 12.8. The van der Waals surface area contributed by atoms with Gasteiger partial charge in [0.05, 0.1) is 17.9 Å². The molecule has 2 aromatic carbocycles. The highest BCUT2D eigenvalue weighted by Crippen LogP contribution is 2.30. The van der Waals surface area contributed by atoms with Gasteiger partial charge in [-0.25, -0.2) is 0 Å². The van der Waals surface area contributed by atoms with Crippen LogP contribution in [0.25, 0.3) is 0 Å². The van der Waals surface area contributed by atoms with E-state index >= 15 is 0 Å².